The molecular formula is C11H13BrN2O3. The second-order valence-electron chi connectivity index (χ2n) is 4.16. The zero-order chi connectivity index (χ0) is 12.4. The molecule has 17 heavy (non-hydrogen) atoms. The summed E-state index contributed by atoms with van der Waals surface area (Å²) >= 11 is 3.14. The van der Waals surface area contributed by atoms with Crippen LogP contribution in [0.2, 0.25) is 0 Å². The molecule has 0 aliphatic carbocycles. The minimum Gasteiger partial charge on any atom is -0.444 e. The van der Waals surface area contributed by atoms with E-state index in [1.165, 1.54) is 0 Å². The van der Waals surface area contributed by atoms with Gasteiger partial charge in [0.2, 0.25) is 5.91 Å². The Hall–Kier alpha value is -1.30. The summed E-state index contributed by atoms with van der Waals surface area (Å²) in [7, 11) is 1.77. The van der Waals surface area contributed by atoms with Gasteiger partial charge in [-0.3, -0.25) is 9.59 Å². The number of nitrogens with zero attached hydrogens (tertiary/aromatic N) is 1. The monoisotopic (exact) mass is 300 g/mol. The van der Waals surface area contributed by atoms with Crippen LogP contribution in [0.3, 0.4) is 0 Å². The van der Waals surface area contributed by atoms with E-state index < -0.39 is 0 Å². The number of amides is 2. The Morgan fingerprint density at radius 3 is 2.94 bits per heavy atom. The Morgan fingerprint density at radius 1 is 1.65 bits per heavy atom. The van der Waals surface area contributed by atoms with Crippen LogP contribution in [-0.2, 0) is 4.79 Å². The number of likely N-dealkylation sites (tertiary alicyclic amines) is 1. The first-order chi connectivity index (χ1) is 8.06. The summed E-state index contributed by atoms with van der Waals surface area (Å²) in [5, 5.41) is 2.76. The van der Waals surface area contributed by atoms with Crippen LogP contribution < -0.4 is 5.32 Å². The SMILES string of the molecule is CN1CC(CNC(=O)c2ccc(Br)o2)CC1=O. The third kappa shape index (κ3) is 2.88. The molecule has 1 aromatic heterocycles. The molecule has 1 unspecified atom stereocenters. The van der Waals surface area contributed by atoms with E-state index in [1.54, 1.807) is 24.1 Å². The third-order valence-corrected chi connectivity index (χ3v) is 3.20. The summed E-state index contributed by atoms with van der Waals surface area (Å²) in [6.07, 6.45) is 0.499. The van der Waals surface area contributed by atoms with Gasteiger partial charge in [0.25, 0.3) is 5.91 Å². The molecule has 0 bridgehead atoms. The van der Waals surface area contributed by atoms with Gasteiger partial charge in [-0.2, -0.15) is 0 Å². The average molecular weight is 301 g/mol. The van der Waals surface area contributed by atoms with Crippen molar-refractivity contribution < 1.29 is 14.0 Å². The van der Waals surface area contributed by atoms with Crippen LogP contribution in [0.15, 0.2) is 21.2 Å². The van der Waals surface area contributed by atoms with Crippen LogP contribution in [0.5, 0.6) is 0 Å². The molecule has 1 saturated heterocycles. The van der Waals surface area contributed by atoms with Crippen LogP contribution in [-0.4, -0.2) is 36.9 Å². The van der Waals surface area contributed by atoms with Gasteiger partial charge in [0.15, 0.2) is 10.4 Å². The van der Waals surface area contributed by atoms with Crippen LogP contribution in [0, 0.1) is 5.92 Å². The number of nitrogens with one attached hydrogen (secondary N) is 1. The van der Waals surface area contributed by atoms with E-state index in [1.807, 2.05) is 0 Å². The molecule has 1 atom stereocenters. The van der Waals surface area contributed by atoms with Crippen molar-refractivity contribution in [2.75, 3.05) is 20.1 Å². The highest BCUT2D eigenvalue weighted by Crippen LogP contribution is 2.16. The zero-order valence-electron chi connectivity index (χ0n) is 9.40. The van der Waals surface area contributed by atoms with Gasteiger partial charge in [-0.05, 0) is 28.1 Å². The topological polar surface area (TPSA) is 62.6 Å². The first-order valence-corrected chi connectivity index (χ1v) is 6.13. The van der Waals surface area contributed by atoms with E-state index in [0.29, 0.717) is 24.2 Å². The lowest BCUT2D eigenvalue weighted by atomic mass is 10.1. The summed E-state index contributed by atoms with van der Waals surface area (Å²) in [5.41, 5.74) is 0. The highest BCUT2D eigenvalue weighted by atomic mass is 79.9. The predicted molar refractivity (Wildman–Crippen MR) is 64.5 cm³/mol. The molecular weight excluding hydrogens is 288 g/mol. The number of carbonyl (C=O) groups is 2. The number of rotatable bonds is 3. The molecule has 92 valence electrons. The fraction of sp³-hybridized carbons (Fsp3) is 0.455. The highest BCUT2D eigenvalue weighted by molar-refractivity contribution is 9.10. The summed E-state index contributed by atoms with van der Waals surface area (Å²) in [4.78, 5) is 24.6. The fourth-order valence-electron chi connectivity index (χ4n) is 1.85. The first kappa shape index (κ1) is 12.2. The van der Waals surface area contributed by atoms with E-state index in [9.17, 15) is 9.59 Å². The zero-order valence-corrected chi connectivity index (χ0v) is 11.0. The lowest BCUT2D eigenvalue weighted by molar-refractivity contribution is -0.126. The van der Waals surface area contributed by atoms with Crippen molar-refractivity contribution in [3.8, 4) is 0 Å². The van der Waals surface area contributed by atoms with Crippen molar-refractivity contribution in [1.29, 1.82) is 0 Å². The van der Waals surface area contributed by atoms with Crippen molar-refractivity contribution in [1.82, 2.24) is 10.2 Å². The first-order valence-electron chi connectivity index (χ1n) is 5.34. The third-order valence-electron chi connectivity index (χ3n) is 2.77. The van der Waals surface area contributed by atoms with E-state index >= 15 is 0 Å². The maximum Gasteiger partial charge on any atom is 0.287 e. The Labute approximate surface area is 107 Å². The predicted octanol–water partition coefficient (Wildman–Crippen LogP) is 1.25. The highest BCUT2D eigenvalue weighted by Gasteiger charge is 2.27. The molecule has 1 aliphatic rings. The second-order valence-corrected chi connectivity index (χ2v) is 4.94. The quantitative estimate of drug-likeness (QED) is 0.914. The minimum absolute atomic E-state index is 0.130. The van der Waals surface area contributed by atoms with E-state index in [2.05, 4.69) is 21.2 Å². The molecule has 2 amide bonds. The van der Waals surface area contributed by atoms with Crippen LogP contribution in [0.1, 0.15) is 17.0 Å². The van der Waals surface area contributed by atoms with Crippen LogP contribution in [0.4, 0.5) is 0 Å². The Balaban J connectivity index is 1.83. The van der Waals surface area contributed by atoms with Gasteiger partial charge < -0.3 is 14.6 Å². The number of hydrogen-bond acceptors (Lipinski definition) is 3. The lowest BCUT2D eigenvalue weighted by Crippen LogP contribution is -2.30. The minimum atomic E-state index is -0.252. The van der Waals surface area contributed by atoms with Crippen molar-refractivity contribution in [2.45, 2.75) is 6.42 Å². The van der Waals surface area contributed by atoms with Gasteiger partial charge >= 0.3 is 0 Å². The Kier molecular flexibility index (Phi) is 3.51. The van der Waals surface area contributed by atoms with Gasteiger partial charge in [0.1, 0.15) is 0 Å². The van der Waals surface area contributed by atoms with E-state index in [-0.39, 0.29) is 23.5 Å². The molecule has 2 heterocycles. The standard InChI is InChI=1S/C11H13BrN2O3/c1-14-6-7(4-10(14)15)5-13-11(16)8-2-3-9(12)17-8/h2-3,7H,4-6H2,1H3,(H,13,16). The van der Waals surface area contributed by atoms with Crippen LogP contribution in [0.25, 0.3) is 0 Å². The fourth-order valence-corrected chi connectivity index (χ4v) is 2.16. The van der Waals surface area contributed by atoms with Gasteiger partial charge in [-0.25, -0.2) is 0 Å². The molecule has 0 spiro atoms. The molecule has 0 saturated carbocycles. The maximum absolute atomic E-state index is 11.7. The van der Waals surface area contributed by atoms with Gasteiger partial charge in [0.05, 0.1) is 0 Å². The largest absolute Gasteiger partial charge is 0.444 e. The number of furan rings is 1. The molecule has 1 aromatic rings. The van der Waals surface area contributed by atoms with Gasteiger partial charge in [0, 0.05) is 32.5 Å². The van der Waals surface area contributed by atoms with Crippen molar-refractivity contribution in [3.63, 3.8) is 0 Å². The van der Waals surface area contributed by atoms with Gasteiger partial charge in [-0.1, -0.05) is 0 Å². The molecule has 1 N–H and O–H groups in total. The second kappa shape index (κ2) is 4.91. The van der Waals surface area contributed by atoms with Crippen molar-refractivity contribution in [2.24, 2.45) is 5.92 Å². The summed E-state index contributed by atoms with van der Waals surface area (Å²) in [6.45, 7) is 1.19. The Morgan fingerprint density at radius 2 is 2.41 bits per heavy atom. The summed E-state index contributed by atoms with van der Waals surface area (Å²) in [5.74, 6) is 0.340. The Bertz CT molecular complexity index is 444. The number of hydrogen-bond donors (Lipinski definition) is 1. The van der Waals surface area contributed by atoms with Crippen molar-refractivity contribution >= 4 is 27.7 Å². The van der Waals surface area contributed by atoms with E-state index in [4.69, 9.17) is 4.42 Å². The molecule has 0 radical (unpaired) electrons. The number of halogens is 1. The molecule has 6 heteroatoms. The van der Waals surface area contributed by atoms with Gasteiger partial charge in [-0.15, -0.1) is 0 Å². The molecule has 2 rings (SSSR count). The molecule has 5 nitrogen and oxygen atoms in total. The molecule has 1 fully saturated rings. The smallest absolute Gasteiger partial charge is 0.287 e. The molecule has 1 aliphatic heterocycles. The van der Waals surface area contributed by atoms with E-state index in [0.717, 1.165) is 0 Å². The summed E-state index contributed by atoms with van der Waals surface area (Å²) < 4.78 is 5.66. The number of carbonyl (C=O) groups excluding carboxylic acids is 2. The normalized spacial score (nSPS) is 19.8. The lowest BCUT2D eigenvalue weighted by Gasteiger charge is -2.10. The molecule has 0 aromatic carbocycles. The van der Waals surface area contributed by atoms with Crippen molar-refractivity contribution in [3.05, 3.63) is 22.6 Å². The maximum atomic E-state index is 11.7. The van der Waals surface area contributed by atoms with Crippen LogP contribution >= 0.6 is 15.9 Å². The summed E-state index contributed by atoms with van der Waals surface area (Å²) in [6, 6.07) is 3.27. The average Bonchev–Trinajstić information content (AvgIpc) is 2.83.